The van der Waals surface area contributed by atoms with Gasteiger partial charge in [-0.3, -0.25) is 0 Å². The summed E-state index contributed by atoms with van der Waals surface area (Å²) in [6.45, 7) is 4.44. The molecule has 2 aliphatic heterocycles. The van der Waals surface area contributed by atoms with Crippen LogP contribution in [0.2, 0.25) is 0 Å². The SMILES string of the molecule is O=S(=O)(NCC[NH+]1CCCC1)c1ccc(S(=O)(=O)N2CCCC2)cc1. The predicted molar refractivity (Wildman–Crippen MR) is 94.4 cm³/mol. The van der Waals surface area contributed by atoms with Crippen molar-refractivity contribution in [2.45, 2.75) is 35.5 Å². The van der Waals surface area contributed by atoms with Crippen molar-refractivity contribution in [1.29, 1.82) is 0 Å². The van der Waals surface area contributed by atoms with Crippen LogP contribution in [-0.2, 0) is 20.0 Å². The molecule has 2 N–H and O–H groups in total. The molecule has 3 rings (SSSR count). The van der Waals surface area contributed by atoms with Crippen LogP contribution in [-0.4, -0.2) is 60.4 Å². The summed E-state index contributed by atoms with van der Waals surface area (Å²) < 4.78 is 53.7. The lowest BCUT2D eigenvalue weighted by Gasteiger charge is -2.16. The van der Waals surface area contributed by atoms with Crippen molar-refractivity contribution in [2.75, 3.05) is 39.3 Å². The molecule has 0 saturated carbocycles. The molecule has 140 valence electrons. The van der Waals surface area contributed by atoms with E-state index < -0.39 is 20.0 Å². The van der Waals surface area contributed by atoms with Crippen LogP contribution < -0.4 is 9.62 Å². The van der Waals surface area contributed by atoms with Gasteiger partial charge in [-0.25, -0.2) is 21.6 Å². The van der Waals surface area contributed by atoms with Crippen molar-refractivity contribution in [3.8, 4) is 0 Å². The zero-order valence-electron chi connectivity index (χ0n) is 14.3. The van der Waals surface area contributed by atoms with E-state index in [4.69, 9.17) is 0 Å². The van der Waals surface area contributed by atoms with Gasteiger partial charge in [0.25, 0.3) is 0 Å². The minimum Gasteiger partial charge on any atom is -0.334 e. The molecule has 0 atom stereocenters. The van der Waals surface area contributed by atoms with Crippen molar-refractivity contribution in [2.24, 2.45) is 0 Å². The molecule has 1 aromatic carbocycles. The van der Waals surface area contributed by atoms with E-state index in [1.54, 1.807) is 0 Å². The van der Waals surface area contributed by atoms with Crippen LogP contribution in [0.1, 0.15) is 25.7 Å². The standard InChI is InChI=1S/C16H25N3O4S2/c20-24(21,17-9-14-18-10-1-2-11-18)15-5-7-16(8-6-15)25(22,23)19-12-3-4-13-19/h5-8,17H,1-4,9-14H2/p+1. The summed E-state index contributed by atoms with van der Waals surface area (Å²) in [6.07, 6.45) is 4.15. The fraction of sp³-hybridized carbons (Fsp3) is 0.625. The fourth-order valence-electron chi connectivity index (χ4n) is 3.44. The number of nitrogens with one attached hydrogen (secondary N) is 2. The fourth-order valence-corrected chi connectivity index (χ4v) is 5.99. The van der Waals surface area contributed by atoms with Gasteiger partial charge < -0.3 is 4.90 Å². The van der Waals surface area contributed by atoms with E-state index in [2.05, 4.69) is 4.72 Å². The summed E-state index contributed by atoms with van der Waals surface area (Å²) in [5.41, 5.74) is 0. The topological polar surface area (TPSA) is 88.0 Å². The Morgan fingerprint density at radius 2 is 1.44 bits per heavy atom. The first kappa shape index (κ1) is 18.8. The second-order valence-corrected chi connectivity index (χ2v) is 10.4. The van der Waals surface area contributed by atoms with Gasteiger partial charge in [-0.1, -0.05) is 0 Å². The van der Waals surface area contributed by atoms with E-state index in [1.165, 1.54) is 46.3 Å². The quantitative estimate of drug-likeness (QED) is 0.655. The van der Waals surface area contributed by atoms with Gasteiger partial charge in [0.05, 0.1) is 36.0 Å². The molecule has 0 aromatic heterocycles. The van der Waals surface area contributed by atoms with Gasteiger partial charge in [-0.2, -0.15) is 4.31 Å². The highest BCUT2D eigenvalue weighted by Gasteiger charge is 2.27. The molecular weight excluding hydrogens is 362 g/mol. The number of benzene rings is 1. The minimum absolute atomic E-state index is 0.101. The first-order valence-corrected chi connectivity index (χ1v) is 11.8. The van der Waals surface area contributed by atoms with Crippen LogP contribution in [0, 0.1) is 0 Å². The molecule has 2 saturated heterocycles. The predicted octanol–water partition coefficient (Wildman–Crippen LogP) is -0.572. The summed E-state index contributed by atoms with van der Waals surface area (Å²) in [4.78, 5) is 1.67. The van der Waals surface area contributed by atoms with Crippen LogP contribution in [0.25, 0.3) is 0 Å². The first-order valence-electron chi connectivity index (χ1n) is 8.83. The Bertz CT molecular complexity index is 779. The van der Waals surface area contributed by atoms with Gasteiger partial charge in [0, 0.05) is 25.9 Å². The molecule has 9 heteroatoms. The Kier molecular flexibility index (Phi) is 5.79. The molecule has 1 aromatic rings. The zero-order valence-corrected chi connectivity index (χ0v) is 15.9. The average molecular weight is 389 g/mol. The van der Waals surface area contributed by atoms with Crippen LogP contribution in [0.5, 0.6) is 0 Å². The summed E-state index contributed by atoms with van der Waals surface area (Å²) >= 11 is 0. The van der Waals surface area contributed by atoms with Gasteiger partial charge >= 0.3 is 0 Å². The van der Waals surface area contributed by atoms with E-state index in [0.717, 1.165) is 32.5 Å². The van der Waals surface area contributed by atoms with Crippen molar-refractivity contribution in [3.05, 3.63) is 24.3 Å². The molecule has 7 nitrogen and oxygen atoms in total. The van der Waals surface area contributed by atoms with Crippen LogP contribution in [0.3, 0.4) is 0 Å². The Morgan fingerprint density at radius 1 is 0.880 bits per heavy atom. The molecule has 2 fully saturated rings. The largest absolute Gasteiger partial charge is 0.334 e. The number of quaternary nitrogens is 1. The van der Waals surface area contributed by atoms with Gasteiger partial charge in [0.15, 0.2) is 0 Å². The van der Waals surface area contributed by atoms with Crippen LogP contribution >= 0.6 is 0 Å². The number of sulfonamides is 2. The Balaban J connectivity index is 1.64. The maximum atomic E-state index is 12.5. The Labute approximate surface area is 150 Å². The van der Waals surface area contributed by atoms with Crippen molar-refractivity contribution < 1.29 is 21.7 Å². The number of nitrogens with zero attached hydrogens (tertiary/aromatic N) is 1. The van der Waals surface area contributed by atoms with Gasteiger partial charge in [0.1, 0.15) is 0 Å². The molecule has 0 spiro atoms. The molecule has 0 unspecified atom stereocenters. The Hall–Kier alpha value is -1.00. The van der Waals surface area contributed by atoms with E-state index in [-0.39, 0.29) is 9.79 Å². The van der Waals surface area contributed by atoms with Gasteiger partial charge in [0.2, 0.25) is 20.0 Å². The normalized spacial score (nSPS) is 20.3. The third kappa shape index (κ3) is 4.40. The van der Waals surface area contributed by atoms with E-state index >= 15 is 0 Å². The second-order valence-electron chi connectivity index (χ2n) is 6.69. The monoisotopic (exact) mass is 388 g/mol. The molecule has 0 aliphatic carbocycles. The highest BCUT2D eigenvalue weighted by molar-refractivity contribution is 7.89. The number of hydrogen-bond acceptors (Lipinski definition) is 4. The molecule has 0 amide bonds. The Morgan fingerprint density at radius 3 is 2.04 bits per heavy atom. The molecule has 25 heavy (non-hydrogen) atoms. The minimum atomic E-state index is -3.61. The summed E-state index contributed by atoms with van der Waals surface area (Å²) in [5.74, 6) is 0. The number of hydrogen-bond donors (Lipinski definition) is 2. The first-order chi connectivity index (χ1) is 11.9. The van der Waals surface area contributed by atoms with E-state index in [0.29, 0.717) is 19.6 Å². The van der Waals surface area contributed by atoms with Crippen LogP contribution in [0.4, 0.5) is 0 Å². The lowest BCUT2D eigenvalue weighted by Crippen LogP contribution is -3.10. The smallest absolute Gasteiger partial charge is 0.243 e. The summed E-state index contributed by atoms with van der Waals surface area (Å²) in [6, 6.07) is 5.50. The third-order valence-electron chi connectivity index (χ3n) is 4.92. The molecule has 2 heterocycles. The van der Waals surface area contributed by atoms with E-state index in [9.17, 15) is 16.8 Å². The number of likely N-dealkylation sites (tertiary alicyclic amines) is 1. The molecule has 0 bridgehead atoms. The maximum Gasteiger partial charge on any atom is 0.243 e. The lowest BCUT2D eigenvalue weighted by molar-refractivity contribution is -0.886. The highest BCUT2D eigenvalue weighted by Crippen LogP contribution is 2.22. The third-order valence-corrected chi connectivity index (χ3v) is 8.31. The van der Waals surface area contributed by atoms with Crippen molar-refractivity contribution >= 4 is 20.0 Å². The molecule has 2 aliphatic rings. The highest BCUT2D eigenvalue weighted by atomic mass is 32.2. The van der Waals surface area contributed by atoms with Gasteiger partial charge in [-0.15, -0.1) is 0 Å². The van der Waals surface area contributed by atoms with Crippen molar-refractivity contribution in [3.63, 3.8) is 0 Å². The average Bonchev–Trinajstić information content (AvgIpc) is 3.29. The summed E-state index contributed by atoms with van der Waals surface area (Å²) in [5, 5.41) is 0. The zero-order chi connectivity index (χ0) is 17.9. The maximum absolute atomic E-state index is 12.5. The van der Waals surface area contributed by atoms with Crippen molar-refractivity contribution in [1.82, 2.24) is 9.03 Å². The summed E-state index contributed by atoms with van der Waals surface area (Å²) in [7, 11) is -7.12. The second kappa shape index (κ2) is 7.71. The lowest BCUT2D eigenvalue weighted by atomic mass is 10.4. The number of rotatable bonds is 7. The molecular formula is C16H26N3O4S2+. The van der Waals surface area contributed by atoms with Gasteiger partial charge in [-0.05, 0) is 37.1 Å². The van der Waals surface area contributed by atoms with Crippen LogP contribution in [0.15, 0.2) is 34.1 Å². The van der Waals surface area contributed by atoms with E-state index in [1.807, 2.05) is 0 Å². The molecule has 0 radical (unpaired) electrons.